The van der Waals surface area contributed by atoms with E-state index < -0.39 is 5.97 Å². The largest absolute Gasteiger partial charge is 1.00 e. The molecule has 0 fully saturated rings. The molecule has 5 heteroatoms. The maximum Gasteiger partial charge on any atom is 1.00 e. The summed E-state index contributed by atoms with van der Waals surface area (Å²) in [5.74, 6) is -0.363. The van der Waals surface area contributed by atoms with Gasteiger partial charge in [-0.15, -0.1) is 0 Å². The number of rotatable bonds is 3. The molecule has 1 aromatic rings. The van der Waals surface area contributed by atoms with Crippen LogP contribution < -0.4 is 44.1 Å². The van der Waals surface area contributed by atoms with E-state index in [2.05, 4.69) is 0 Å². The van der Waals surface area contributed by atoms with Crippen LogP contribution in [0.2, 0.25) is 0 Å². The summed E-state index contributed by atoms with van der Waals surface area (Å²) in [6.45, 7) is 0. The van der Waals surface area contributed by atoms with Gasteiger partial charge in [-0.2, -0.15) is 0 Å². The molecule has 0 heterocycles. The Kier molecular flexibility index (Phi) is 5.60. The van der Waals surface area contributed by atoms with Crippen LogP contribution in [0.3, 0.4) is 0 Å². The first-order valence-corrected chi connectivity index (χ1v) is 3.62. The Morgan fingerprint density at radius 2 is 1.79 bits per heavy atom. The molecule has 0 amide bonds. The zero-order valence-corrected chi connectivity index (χ0v) is 10.4. The van der Waals surface area contributed by atoms with Crippen molar-refractivity contribution in [2.24, 2.45) is 0 Å². The van der Waals surface area contributed by atoms with Gasteiger partial charge in [0.2, 0.25) is 0 Å². The van der Waals surface area contributed by atoms with Crippen LogP contribution >= 0.6 is 0 Å². The Balaban J connectivity index is 0.00000169. The third kappa shape index (κ3) is 2.90. The first kappa shape index (κ1) is 13.3. The fourth-order valence-electron chi connectivity index (χ4n) is 0.963. The van der Waals surface area contributed by atoms with Crippen LogP contribution in [0.5, 0.6) is 11.5 Å². The van der Waals surface area contributed by atoms with Gasteiger partial charge in [-0.25, -0.2) is 0 Å². The first-order valence-electron chi connectivity index (χ1n) is 3.62. The minimum absolute atomic E-state index is 0. The van der Waals surface area contributed by atoms with Crippen molar-refractivity contribution in [3.63, 3.8) is 0 Å². The van der Waals surface area contributed by atoms with Gasteiger partial charge in [0, 0.05) is 5.56 Å². The van der Waals surface area contributed by atoms with Crippen LogP contribution in [0.15, 0.2) is 18.2 Å². The molecule has 0 aliphatic rings. The van der Waals surface area contributed by atoms with Crippen molar-refractivity contribution >= 4 is 5.97 Å². The molecule has 0 N–H and O–H groups in total. The van der Waals surface area contributed by atoms with Gasteiger partial charge in [0.15, 0.2) is 11.5 Å². The molecule has 0 saturated carbocycles. The van der Waals surface area contributed by atoms with Crippen molar-refractivity contribution in [1.82, 2.24) is 0 Å². The van der Waals surface area contributed by atoms with E-state index in [1.54, 1.807) is 0 Å². The summed E-state index contributed by atoms with van der Waals surface area (Å²) in [6, 6.07) is 4.27. The quantitative estimate of drug-likeness (QED) is 0.495. The monoisotopic (exact) mass is 204 g/mol. The maximum atomic E-state index is 10.5. The summed E-state index contributed by atoms with van der Waals surface area (Å²) >= 11 is 0. The maximum absolute atomic E-state index is 10.5. The van der Waals surface area contributed by atoms with Crippen molar-refractivity contribution in [3.05, 3.63) is 23.8 Å². The number of methoxy groups -OCH3 is 2. The van der Waals surface area contributed by atoms with E-state index in [4.69, 9.17) is 9.47 Å². The number of benzene rings is 1. The molecule has 4 nitrogen and oxygen atoms in total. The zero-order chi connectivity index (χ0) is 9.84. The molecule has 1 rings (SSSR count). The van der Waals surface area contributed by atoms with E-state index in [0.717, 1.165) is 0 Å². The van der Waals surface area contributed by atoms with E-state index in [0.29, 0.717) is 11.5 Å². The third-order valence-corrected chi connectivity index (χ3v) is 1.62. The SMILES string of the molecule is COc1ccc(C(=O)[O-])cc1OC.[Na+]. The van der Waals surface area contributed by atoms with Crippen LogP contribution in [-0.4, -0.2) is 20.2 Å². The molecule has 70 valence electrons. The summed E-state index contributed by atoms with van der Waals surface area (Å²) in [7, 11) is 2.92. The van der Waals surface area contributed by atoms with Crippen molar-refractivity contribution in [2.45, 2.75) is 0 Å². The molecule has 0 aliphatic carbocycles. The van der Waals surface area contributed by atoms with Gasteiger partial charge in [-0.1, -0.05) is 0 Å². The van der Waals surface area contributed by atoms with E-state index in [1.165, 1.54) is 32.4 Å². The van der Waals surface area contributed by atoms with Crippen LogP contribution in [-0.2, 0) is 0 Å². The van der Waals surface area contributed by atoms with Gasteiger partial charge in [0.1, 0.15) is 0 Å². The normalized spacial score (nSPS) is 8.71. The summed E-state index contributed by atoms with van der Waals surface area (Å²) in [5.41, 5.74) is 0.0673. The topological polar surface area (TPSA) is 58.6 Å². The molecule has 0 unspecified atom stereocenters. The Labute approximate surface area is 104 Å². The minimum Gasteiger partial charge on any atom is -0.545 e. The molecular formula is C9H9NaO4. The fourth-order valence-corrected chi connectivity index (χ4v) is 0.963. The zero-order valence-electron chi connectivity index (χ0n) is 8.37. The van der Waals surface area contributed by atoms with Crippen LogP contribution in [0.4, 0.5) is 0 Å². The number of carboxylic acids is 1. The molecule has 0 bridgehead atoms. The molecule has 0 aromatic heterocycles. The number of ether oxygens (including phenoxy) is 2. The average Bonchev–Trinajstić information content (AvgIpc) is 2.16. The number of carboxylic acid groups (broad SMARTS) is 1. The van der Waals surface area contributed by atoms with Gasteiger partial charge in [0.25, 0.3) is 0 Å². The van der Waals surface area contributed by atoms with Gasteiger partial charge in [-0.3, -0.25) is 0 Å². The molecule has 0 aliphatic heterocycles. The van der Waals surface area contributed by atoms with E-state index >= 15 is 0 Å². The van der Waals surface area contributed by atoms with Crippen molar-refractivity contribution < 1.29 is 48.9 Å². The van der Waals surface area contributed by atoms with Gasteiger partial charge in [-0.05, 0) is 18.2 Å². The second kappa shape index (κ2) is 5.90. The van der Waals surface area contributed by atoms with E-state index in [1.807, 2.05) is 0 Å². The number of hydrogen-bond acceptors (Lipinski definition) is 4. The van der Waals surface area contributed by atoms with Crippen LogP contribution in [0.25, 0.3) is 0 Å². The summed E-state index contributed by atoms with van der Waals surface area (Å²) < 4.78 is 9.84. The Morgan fingerprint density at radius 1 is 1.21 bits per heavy atom. The van der Waals surface area contributed by atoms with E-state index in [-0.39, 0.29) is 35.1 Å². The smallest absolute Gasteiger partial charge is 0.545 e. The molecule has 1 aromatic carbocycles. The summed E-state index contributed by atoms with van der Waals surface area (Å²) in [4.78, 5) is 10.5. The molecule has 0 saturated heterocycles. The first-order chi connectivity index (χ1) is 6.19. The van der Waals surface area contributed by atoms with Gasteiger partial charge >= 0.3 is 29.6 Å². The Hall–Kier alpha value is -0.710. The van der Waals surface area contributed by atoms with E-state index in [9.17, 15) is 9.90 Å². The Morgan fingerprint density at radius 3 is 2.21 bits per heavy atom. The summed E-state index contributed by atoms with van der Waals surface area (Å²) in [6.07, 6.45) is 0. The number of aromatic carboxylic acids is 1. The number of carbonyl (C=O) groups is 1. The molecule has 0 radical (unpaired) electrons. The predicted octanol–water partition coefficient (Wildman–Crippen LogP) is -2.93. The molecule has 14 heavy (non-hydrogen) atoms. The van der Waals surface area contributed by atoms with Crippen molar-refractivity contribution in [3.8, 4) is 11.5 Å². The van der Waals surface area contributed by atoms with Crippen molar-refractivity contribution in [2.75, 3.05) is 14.2 Å². The van der Waals surface area contributed by atoms with Gasteiger partial charge in [0.05, 0.1) is 20.2 Å². The minimum atomic E-state index is -1.24. The van der Waals surface area contributed by atoms with Crippen molar-refractivity contribution in [1.29, 1.82) is 0 Å². The second-order valence-corrected chi connectivity index (χ2v) is 2.36. The summed E-state index contributed by atoms with van der Waals surface area (Å²) in [5, 5.41) is 10.5. The van der Waals surface area contributed by atoms with Crippen LogP contribution in [0.1, 0.15) is 10.4 Å². The molecule has 0 spiro atoms. The number of hydrogen-bond donors (Lipinski definition) is 0. The average molecular weight is 204 g/mol. The molecular weight excluding hydrogens is 195 g/mol. The fraction of sp³-hybridized carbons (Fsp3) is 0.222. The van der Waals surface area contributed by atoms with Gasteiger partial charge < -0.3 is 19.4 Å². The molecule has 0 atom stereocenters. The number of carbonyl (C=O) groups excluding carboxylic acids is 1. The second-order valence-electron chi connectivity index (χ2n) is 2.36. The standard InChI is InChI=1S/C9H10O4.Na/c1-12-7-4-3-6(9(10)11)5-8(7)13-2;/h3-5H,1-2H3,(H,10,11);/q;+1/p-1. The van der Waals surface area contributed by atoms with Crippen LogP contribution in [0, 0.1) is 0 Å². The Bertz CT molecular complexity index is 325. The third-order valence-electron chi connectivity index (χ3n) is 1.62. The predicted molar refractivity (Wildman–Crippen MR) is 43.9 cm³/mol.